The van der Waals surface area contributed by atoms with Crippen molar-refractivity contribution in [1.82, 2.24) is 15.2 Å². The van der Waals surface area contributed by atoms with Crippen molar-refractivity contribution in [3.63, 3.8) is 0 Å². The topological polar surface area (TPSA) is 92.0 Å². The highest BCUT2D eigenvalue weighted by Gasteiger charge is 2.15. The number of benzene rings is 1. The van der Waals surface area contributed by atoms with E-state index in [4.69, 9.17) is 9.52 Å². The SMILES string of the molecule is O=C(O)c1cccc2nc(-c3cn[nH]c3)oc12. The number of carboxylic acid groups (broad SMARTS) is 1. The molecule has 0 aliphatic heterocycles. The van der Waals surface area contributed by atoms with Crippen molar-refractivity contribution in [1.29, 1.82) is 0 Å². The van der Waals surface area contributed by atoms with E-state index in [1.54, 1.807) is 24.5 Å². The summed E-state index contributed by atoms with van der Waals surface area (Å²) in [5, 5.41) is 15.4. The van der Waals surface area contributed by atoms with Crippen LogP contribution in [-0.2, 0) is 0 Å². The highest BCUT2D eigenvalue weighted by atomic mass is 16.4. The summed E-state index contributed by atoms with van der Waals surface area (Å²) in [5.74, 6) is -0.687. The number of H-pyrrole nitrogens is 1. The maximum absolute atomic E-state index is 11.0. The third-order valence-corrected chi connectivity index (χ3v) is 2.39. The molecule has 2 N–H and O–H groups in total. The summed E-state index contributed by atoms with van der Waals surface area (Å²) in [6.07, 6.45) is 3.19. The quantitative estimate of drug-likeness (QED) is 0.700. The number of aromatic nitrogens is 3. The Labute approximate surface area is 94.9 Å². The fraction of sp³-hybridized carbons (Fsp3) is 0. The standard InChI is InChI=1S/C11H7N3O3/c15-11(16)7-2-1-3-8-9(7)17-10(14-8)6-4-12-13-5-6/h1-5H,(H,12,13)(H,15,16). The van der Waals surface area contributed by atoms with Crippen LogP contribution in [-0.4, -0.2) is 26.3 Å². The molecular formula is C11H7N3O3. The molecule has 2 heterocycles. The zero-order valence-electron chi connectivity index (χ0n) is 8.54. The van der Waals surface area contributed by atoms with Gasteiger partial charge in [0.25, 0.3) is 0 Å². The van der Waals surface area contributed by atoms with Crippen LogP contribution < -0.4 is 0 Å². The molecule has 0 saturated heterocycles. The monoisotopic (exact) mass is 229 g/mol. The van der Waals surface area contributed by atoms with Crippen LogP contribution in [0.3, 0.4) is 0 Å². The molecule has 0 atom stereocenters. The van der Waals surface area contributed by atoms with Gasteiger partial charge < -0.3 is 9.52 Å². The van der Waals surface area contributed by atoms with E-state index in [0.717, 1.165) is 0 Å². The molecule has 0 amide bonds. The zero-order chi connectivity index (χ0) is 11.8. The van der Waals surface area contributed by atoms with Crippen LogP contribution in [0.2, 0.25) is 0 Å². The number of hydrogen-bond acceptors (Lipinski definition) is 4. The summed E-state index contributed by atoms with van der Waals surface area (Å²) in [6.45, 7) is 0. The van der Waals surface area contributed by atoms with Gasteiger partial charge in [0, 0.05) is 6.20 Å². The number of fused-ring (bicyclic) bond motifs is 1. The summed E-state index contributed by atoms with van der Waals surface area (Å²) in [4.78, 5) is 15.2. The number of hydrogen-bond donors (Lipinski definition) is 2. The van der Waals surface area contributed by atoms with E-state index in [0.29, 0.717) is 17.0 Å². The minimum atomic E-state index is -1.04. The summed E-state index contributed by atoms with van der Waals surface area (Å²) < 4.78 is 5.45. The normalized spacial score (nSPS) is 10.8. The van der Waals surface area contributed by atoms with Crippen molar-refractivity contribution in [3.05, 3.63) is 36.2 Å². The third-order valence-electron chi connectivity index (χ3n) is 2.39. The van der Waals surface area contributed by atoms with Crippen LogP contribution in [0.15, 0.2) is 35.0 Å². The Bertz CT molecular complexity index is 685. The number of carboxylic acids is 1. The molecule has 0 aliphatic carbocycles. The Balaban J connectivity index is 2.26. The van der Waals surface area contributed by atoms with Crippen LogP contribution in [0, 0.1) is 0 Å². The van der Waals surface area contributed by atoms with E-state index in [1.165, 1.54) is 6.07 Å². The first-order chi connectivity index (χ1) is 8.25. The minimum absolute atomic E-state index is 0.102. The van der Waals surface area contributed by atoms with Crippen LogP contribution in [0.5, 0.6) is 0 Å². The molecule has 2 aromatic heterocycles. The molecule has 1 aromatic carbocycles. The van der Waals surface area contributed by atoms with E-state index in [1.807, 2.05) is 0 Å². The maximum atomic E-state index is 11.0. The molecule has 17 heavy (non-hydrogen) atoms. The van der Waals surface area contributed by atoms with Gasteiger partial charge in [-0.3, -0.25) is 5.10 Å². The molecule has 6 heteroatoms. The van der Waals surface area contributed by atoms with Gasteiger partial charge in [-0.25, -0.2) is 9.78 Å². The first-order valence-electron chi connectivity index (χ1n) is 4.88. The number of carbonyl (C=O) groups is 1. The van der Waals surface area contributed by atoms with Gasteiger partial charge in [0.15, 0.2) is 5.58 Å². The van der Waals surface area contributed by atoms with E-state index >= 15 is 0 Å². The number of aromatic carboxylic acids is 1. The molecule has 0 spiro atoms. The van der Waals surface area contributed by atoms with Crippen molar-refractivity contribution < 1.29 is 14.3 Å². The molecule has 3 rings (SSSR count). The van der Waals surface area contributed by atoms with E-state index < -0.39 is 5.97 Å². The maximum Gasteiger partial charge on any atom is 0.339 e. The number of nitrogens with one attached hydrogen (secondary N) is 1. The first-order valence-corrected chi connectivity index (χ1v) is 4.88. The van der Waals surface area contributed by atoms with Crippen LogP contribution in [0.4, 0.5) is 0 Å². The second-order valence-corrected chi connectivity index (χ2v) is 3.46. The van der Waals surface area contributed by atoms with Crippen molar-refractivity contribution >= 4 is 17.1 Å². The predicted octanol–water partition coefficient (Wildman–Crippen LogP) is 1.92. The number of aromatic amines is 1. The van der Waals surface area contributed by atoms with Crippen molar-refractivity contribution in [2.24, 2.45) is 0 Å². The van der Waals surface area contributed by atoms with Gasteiger partial charge in [-0.05, 0) is 12.1 Å². The second-order valence-electron chi connectivity index (χ2n) is 3.46. The number of para-hydroxylation sites is 1. The van der Waals surface area contributed by atoms with Gasteiger partial charge in [0.1, 0.15) is 11.1 Å². The van der Waals surface area contributed by atoms with Gasteiger partial charge in [0.2, 0.25) is 5.89 Å². The van der Waals surface area contributed by atoms with Gasteiger partial charge in [0.05, 0.1) is 11.8 Å². The van der Waals surface area contributed by atoms with Gasteiger partial charge in [-0.1, -0.05) is 6.07 Å². The minimum Gasteiger partial charge on any atom is -0.478 e. The Morgan fingerprint density at radius 1 is 1.41 bits per heavy atom. The number of rotatable bonds is 2. The summed E-state index contributed by atoms with van der Waals surface area (Å²) >= 11 is 0. The lowest BCUT2D eigenvalue weighted by Crippen LogP contribution is -1.95. The lowest BCUT2D eigenvalue weighted by Gasteiger charge is -1.92. The van der Waals surface area contributed by atoms with Crippen molar-refractivity contribution in [2.75, 3.05) is 0 Å². The largest absolute Gasteiger partial charge is 0.478 e. The Morgan fingerprint density at radius 3 is 3.00 bits per heavy atom. The molecule has 3 aromatic rings. The van der Waals surface area contributed by atoms with E-state index in [-0.39, 0.29) is 11.1 Å². The molecule has 0 saturated carbocycles. The van der Waals surface area contributed by atoms with Crippen molar-refractivity contribution in [2.45, 2.75) is 0 Å². The van der Waals surface area contributed by atoms with Crippen LogP contribution in [0.25, 0.3) is 22.6 Å². The molecule has 0 fully saturated rings. The fourth-order valence-corrected chi connectivity index (χ4v) is 1.61. The Hall–Kier alpha value is -2.63. The molecule has 0 unspecified atom stereocenters. The molecule has 84 valence electrons. The van der Waals surface area contributed by atoms with Gasteiger partial charge in [-0.2, -0.15) is 5.10 Å². The highest BCUT2D eigenvalue weighted by molar-refractivity contribution is 6.00. The molecule has 0 aliphatic rings. The van der Waals surface area contributed by atoms with Crippen molar-refractivity contribution in [3.8, 4) is 11.5 Å². The number of oxazole rings is 1. The predicted molar refractivity (Wildman–Crippen MR) is 58.6 cm³/mol. The van der Waals surface area contributed by atoms with Gasteiger partial charge >= 0.3 is 5.97 Å². The number of nitrogens with zero attached hydrogens (tertiary/aromatic N) is 2. The molecule has 0 radical (unpaired) electrons. The van der Waals surface area contributed by atoms with Crippen LogP contribution in [0.1, 0.15) is 10.4 Å². The summed E-state index contributed by atoms with van der Waals surface area (Å²) in [5.41, 5.74) is 1.57. The fourth-order valence-electron chi connectivity index (χ4n) is 1.61. The lowest BCUT2D eigenvalue weighted by molar-refractivity contribution is 0.0698. The zero-order valence-corrected chi connectivity index (χ0v) is 8.54. The Kier molecular flexibility index (Phi) is 1.94. The molecule has 0 bridgehead atoms. The second kappa shape index (κ2) is 3.44. The lowest BCUT2D eigenvalue weighted by atomic mass is 10.2. The average molecular weight is 229 g/mol. The molecule has 6 nitrogen and oxygen atoms in total. The van der Waals surface area contributed by atoms with E-state index in [2.05, 4.69) is 15.2 Å². The average Bonchev–Trinajstić information content (AvgIpc) is 2.96. The van der Waals surface area contributed by atoms with E-state index in [9.17, 15) is 4.79 Å². The van der Waals surface area contributed by atoms with Crippen LogP contribution >= 0.6 is 0 Å². The first kappa shape index (κ1) is 9.59. The highest BCUT2D eigenvalue weighted by Crippen LogP contribution is 2.25. The smallest absolute Gasteiger partial charge is 0.339 e. The summed E-state index contributed by atoms with van der Waals surface area (Å²) in [7, 11) is 0. The van der Waals surface area contributed by atoms with Gasteiger partial charge in [-0.15, -0.1) is 0 Å². The Morgan fingerprint density at radius 2 is 2.29 bits per heavy atom. The molecular weight excluding hydrogens is 222 g/mol. The third kappa shape index (κ3) is 1.46. The summed E-state index contributed by atoms with van der Waals surface area (Å²) in [6, 6.07) is 4.82.